The number of benzene rings is 1. The summed E-state index contributed by atoms with van der Waals surface area (Å²) in [7, 11) is 1.71. The second-order valence-corrected chi connectivity index (χ2v) is 9.33. The lowest BCUT2D eigenvalue weighted by Crippen LogP contribution is -3.15. The number of tetrazole rings is 1. The maximum atomic E-state index is 5.29. The second kappa shape index (κ2) is 9.57. The van der Waals surface area contributed by atoms with Crippen LogP contribution in [-0.4, -0.2) is 53.5 Å². The first kappa shape index (κ1) is 20.8. The maximum Gasteiger partial charge on any atom is 0.209 e. The van der Waals surface area contributed by atoms with Crippen molar-refractivity contribution in [3.05, 3.63) is 52.5 Å². The van der Waals surface area contributed by atoms with Crippen LogP contribution < -0.4 is 14.5 Å². The minimum atomic E-state index is 0.318. The number of quaternary nitrogens is 1. The van der Waals surface area contributed by atoms with Gasteiger partial charge in [0.05, 0.1) is 39.8 Å². The van der Waals surface area contributed by atoms with Crippen molar-refractivity contribution in [2.24, 2.45) is 5.92 Å². The Balaban J connectivity index is 1.47. The first-order chi connectivity index (χ1) is 14.6. The van der Waals surface area contributed by atoms with E-state index in [1.165, 1.54) is 10.6 Å². The van der Waals surface area contributed by atoms with Crippen molar-refractivity contribution >= 4 is 17.0 Å². The van der Waals surface area contributed by atoms with E-state index in [-0.39, 0.29) is 0 Å². The van der Waals surface area contributed by atoms with Crippen molar-refractivity contribution in [3.8, 4) is 5.75 Å². The molecule has 0 aliphatic carbocycles. The first-order valence-electron chi connectivity index (χ1n) is 10.7. The molecule has 2 aromatic heterocycles. The van der Waals surface area contributed by atoms with Gasteiger partial charge in [0.1, 0.15) is 11.8 Å². The van der Waals surface area contributed by atoms with E-state index in [1.54, 1.807) is 23.3 Å². The molecule has 8 heteroatoms. The highest BCUT2D eigenvalue weighted by Crippen LogP contribution is 2.21. The van der Waals surface area contributed by atoms with Crippen molar-refractivity contribution in [2.75, 3.05) is 38.2 Å². The number of nitrogens with zero attached hydrogens (tertiary/aromatic N) is 5. The van der Waals surface area contributed by atoms with E-state index in [0.29, 0.717) is 12.0 Å². The lowest BCUT2D eigenvalue weighted by Gasteiger charge is -2.37. The van der Waals surface area contributed by atoms with Crippen LogP contribution in [0.25, 0.3) is 0 Å². The number of piperazine rings is 1. The molecular weight excluding hydrogens is 396 g/mol. The Hall–Kier alpha value is -2.45. The molecule has 3 aromatic rings. The van der Waals surface area contributed by atoms with Gasteiger partial charge in [-0.25, -0.2) is 4.68 Å². The number of methoxy groups -OCH3 is 1. The zero-order valence-electron chi connectivity index (χ0n) is 18.0. The highest BCUT2D eigenvalue weighted by molar-refractivity contribution is 7.09. The van der Waals surface area contributed by atoms with E-state index in [1.807, 2.05) is 16.8 Å². The van der Waals surface area contributed by atoms with Gasteiger partial charge >= 0.3 is 0 Å². The lowest BCUT2D eigenvalue weighted by molar-refractivity contribution is -0.934. The Morgan fingerprint density at radius 1 is 1.13 bits per heavy atom. The summed E-state index contributed by atoms with van der Waals surface area (Å²) in [6.07, 6.45) is 1.09. The third kappa shape index (κ3) is 4.82. The van der Waals surface area contributed by atoms with Gasteiger partial charge in [-0.3, -0.25) is 0 Å². The Labute approximate surface area is 182 Å². The highest BCUT2D eigenvalue weighted by Gasteiger charge is 2.33. The topological polar surface area (TPSA) is 60.5 Å². The predicted octanol–water partition coefficient (Wildman–Crippen LogP) is 2.28. The Morgan fingerprint density at radius 2 is 1.90 bits per heavy atom. The molecule has 0 unspecified atom stereocenters. The molecule has 7 nitrogen and oxygen atoms in total. The number of hydrogen-bond acceptors (Lipinski definition) is 6. The molecule has 0 amide bonds. The molecule has 1 saturated heterocycles. The van der Waals surface area contributed by atoms with E-state index < -0.39 is 0 Å². The van der Waals surface area contributed by atoms with E-state index >= 15 is 0 Å². The molecule has 1 fully saturated rings. The monoisotopic (exact) mass is 427 g/mol. The average Bonchev–Trinajstić information content (AvgIpc) is 3.45. The van der Waals surface area contributed by atoms with E-state index in [0.717, 1.165) is 50.7 Å². The molecule has 0 radical (unpaired) electrons. The summed E-state index contributed by atoms with van der Waals surface area (Å²) >= 11 is 1.75. The van der Waals surface area contributed by atoms with Crippen molar-refractivity contribution < 1.29 is 9.64 Å². The van der Waals surface area contributed by atoms with Crippen LogP contribution in [0.5, 0.6) is 5.75 Å². The van der Waals surface area contributed by atoms with Crippen molar-refractivity contribution in [2.45, 2.75) is 32.9 Å². The fraction of sp³-hybridized carbons (Fsp3) is 0.500. The average molecular weight is 428 g/mol. The Morgan fingerprint density at radius 3 is 2.53 bits per heavy atom. The molecule has 1 aliphatic rings. The number of aromatic nitrogens is 4. The third-order valence-corrected chi connectivity index (χ3v) is 6.66. The summed E-state index contributed by atoms with van der Waals surface area (Å²) in [5.41, 5.74) is 1.26. The molecule has 30 heavy (non-hydrogen) atoms. The SMILES string of the molecule is COc1ccc(N2CC[NH+]([C@H](CC(C)C)c3nnnn3Cc3cccs3)CC2)cc1. The molecule has 1 aliphatic heterocycles. The van der Waals surface area contributed by atoms with E-state index in [4.69, 9.17) is 4.74 Å². The van der Waals surface area contributed by atoms with Crippen molar-refractivity contribution in [1.29, 1.82) is 0 Å². The summed E-state index contributed by atoms with van der Waals surface area (Å²) < 4.78 is 7.29. The quantitative estimate of drug-likeness (QED) is 0.598. The fourth-order valence-corrected chi connectivity index (χ4v) is 4.93. The number of hydrogen-bond donors (Lipinski definition) is 1. The van der Waals surface area contributed by atoms with Crippen LogP contribution in [0.1, 0.15) is 37.0 Å². The van der Waals surface area contributed by atoms with Crippen LogP contribution in [0, 0.1) is 5.92 Å². The molecule has 1 atom stereocenters. The van der Waals surface area contributed by atoms with Crippen molar-refractivity contribution in [1.82, 2.24) is 20.2 Å². The summed E-state index contributed by atoms with van der Waals surface area (Å²) in [5.74, 6) is 2.51. The summed E-state index contributed by atoms with van der Waals surface area (Å²) in [6, 6.07) is 12.9. The van der Waals surface area contributed by atoms with Gasteiger partial charge in [0.25, 0.3) is 0 Å². The second-order valence-electron chi connectivity index (χ2n) is 8.30. The van der Waals surface area contributed by atoms with Crippen LogP contribution in [-0.2, 0) is 6.54 Å². The van der Waals surface area contributed by atoms with E-state index in [9.17, 15) is 0 Å². The number of nitrogens with one attached hydrogen (secondary N) is 1. The number of rotatable bonds is 8. The molecule has 4 rings (SSSR count). The summed E-state index contributed by atoms with van der Waals surface area (Å²) in [6.45, 7) is 9.54. The van der Waals surface area contributed by atoms with Gasteiger partial charge in [-0.2, -0.15) is 0 Å². The van der Waals surface area contributed by atoms with Crippen LogP contribution in [0.4, 0.5) is 5.69 Å². The summed E-state index contributed by atoms with van der Waals surface area (Å²) in [4.78, 5) is 5.33. The molecule has 3 heterocycles. The first-order valence-corrected chi connectivity index (χ1v) is 11.5. The molecule has 0 spiro atoms. The van der Waals surface area contributed by atoms with Crippen LogP contribution in [0.3, 0.4) is 0 Å². The van der Waals surface area contributed by atoms with Gasteiger partial charge < -0.3 is 14.5 Å². The molecule has 1 aromatic carbocycles. The molecule has 1 N–H and O–H groups in total. The zero-order chi connectivity index (χ0) is 20.9. The van der Waals surface area contributed by atoms with Gasteiger partial charge in [0.2, 0.25) is 5.82 Å². The Bertz CT molecular complexity index is 900. The molecule has 0 bridgehead atoms. The minimum Gasteiger partial charge on any atom is -0.497 e. The zero-order valence-corrected chi connectivity index (χ0v) is 18.8. The van der Waals surface area contributed by atoms with Gasteiger partial charge in [-0.1, -0.05) is 19.9 Å². The Kier molecular flexibility index (Phi) is 6.64. The van der Waals surface area contributed by atoms with Crippen LogP contribution in [0.2, 0.25) is 0 Å². The van der Waals surface area contributed by atoms with Gasteiger partial charge in [-0.05, 0) is 52.1 Å². The van der Waals surface area contributed by atoms with Crippen molar-refractivity contribution in [3.63, 3.8) is 0 Å². The molecule has 0 saturated carbocycles. The summed E-state index contributed by atoms with van der Waals surface area (Å²) in [5, 5.41) is 14.9. The maximum absolute atomic E-state index is 5.29. The van der Waals surface area contributed by atoms with Crippen LogP contribution in [0.15, 0.2) is 41.8 Å². The van der Waals surface area contributed by atoms with E-state index in [2.05, 4.69) is 63.9 Å². The van der Waals surface area contributed by atoms with Gasteiger partial charge in [-0.15, -0.1) is 16.4 Å². The molecular formula is C22H31N6OS+. The largest absolute Gasteiger partial charge is 0.497 e. The highest BCUT2D eigenvalue weighted by atomic mass is 32.1. The fourth-order valence-electron chi connectivity index (χ4n) is 4.24. The minimum absolute atomic E-state index is 0.318. The number of ether oxygens (including phenoxy) is 1. The number of thiophene rings is 1. The normalized spacial score (nSPS) is 16.2. The lowest BCUT2D eigenvalue weighted by atomic mass is 10.0. The molecule has 160 valence electrons. The van der Waals surface area contributed by atoms with Crippen LogP contribution >= 0.6 is 11.3 Å². The standard InChI is InChI=1S/C22H30N6OS/c1-17(2)15-21(22-23-24-25-28(22)16-20-5-4-14-30-20)27-12-10-26(11-13-27)18-6-8-19(29-3)9-7-18/h4-9,14,17,21H,10-13,15-16H2,1-3H3/p+1/t21-/m1/s1. The third-order valence-electron chi connectivity index (χ3n) is 5.80. The predicted molar refractivity (Wildman–Crippen MR) is 119 cm³/mol. The van der Waals surface area contributed by atoms with Gasteiger partial charge in [0, 0.05) is 17.0 Å². The van der Waals surface area contributed by atoms with Gasteiger partial charge in [0.15, 0.2) is 0 Å². The smallest absolute Gasteiger partial charge is 0.209 e. The number of anilines is 1.